The van der Waals surface area contributed by atoms with E-state index in [4.69, 9.17) is 9.47 Å². The van der Waals surface area contributed by atoms with Gasteiger partial charge in [-0.1, -0.05) is 18.2 Å². The minimum atomic E-state index is -0.163. The molecule has 134 valence electrons. The van der Waals surface area contributed by atoms with Gasteiger partial charge in [-0.25, -0.2) is 0 Å². The highest BCUT2D eigenvalue weighted by atomic mass is 16.5. The van der Waals surface area contributed by atoms with E-state index in [9.17, 15) is 4.79 Å². The van der Waals surface area contributed by atoms with E-state index in [-0.39, 0.29) is 18.1 Å². The van der Waals surface area contributed by atoms with Crippen LogP contribution in [0.5, 0.6) is 5.75 Å². The zero-order valence-electron chi connectivity index (χ0n) is 15.2. The molecule has 1 aromatic heterocycles. The molecule has 6 heteroatoms. The number of benzene rings is 1. The molecule has 1 N–H and O–H groups in total. The topological polar surface area (TPSA) is 65.4 Å². The number of fused-ring (bicyclic) bond motifs is 1. The van der Waals surface area contributed by atoms with Gasteiger partial charge in [0, 0.05) is 31.1 Å². The third-order valence-electron chi connectivity index (χ3n) is 4.43. The Labute approximate surface area is 148 Å². The first-order valence-electron chi connectivity index (χ1n) is 8.71. The zero-order chi connectivity index (χ0) is 18.0. The van der Waals surface area contributed by atoms with Crippen molar-refractivity contribution in [1.82, 2.24) is 15.1 Å². The first-order valence-corrected chi connectivity index (χ1v) is 8.71. The van der Waals surface area contributed by atoms with Crippen molar-refractivity contribution in [2.24, 2.45) is 7.05 Å². The summed E-state index contributed by atoms with van der Waals surface area (Å²) in [5, 5.41) is 7.41. The number of nitrogens with zero attached hydrogens (tertiary/aromatic N) is 2. The number of ether oxygens (including phenoxy) is 2. The van der Waals surface area contributed by atoms with Gasteiger partial charge in [0.15, 0.2) is 5.69 Å². The van der Waals surface area contributed by atoms with Gasteiger partial charge < -0.3 is 14.8 Å². The molecular formula is C19H25N3O3. The molecule has 0 unspecified atom stereocenters. The molecule has 2 aromatic rings. The molecular weight excluding hydrogens is 318 g/mol. The summed E-state index contributed by atoms with van der Waals surface area (Å²) in [6.07, 6.45) is 0.722. The predicted octanol–water partition coefficient (Wildman–Crippen LogP) is 2.77. The highest BCUT2D eigenvalue weighted by Crippen LogP contribution is 2.31. The van der Waals surface area contributed by atoms with Gasteiger partial charge in [-0.15, -0.1) is 0 Å². The Morgan fingerprint density at radius 1 is 1.40 bits per heavy atom. The average Bonchev–Trinajstić information content (AvgIpc) is 2.91. The molecule has 2 heterocycles. The lowest BCUT2D eigenvalue weighted by Crippen LogP contribution is -2.27. The second kappa shape index (κ2) is 7.27. The van der Waals surface area contributed by atoms with Crippen LogP contribution in [0, 0.1) is 0 Å². The van der Waals surface area contributed by atoms with Gasteiger partial charge in [0.1, 0.15) is 5.75 Å². The summed E-state index contributed by atoms with van der Waals surface area (Å²) in [6, 6.07) is 7.73. The fourth-order valence-corrected chi connectivity index (χ4v) is 3.43. The van der Waals surface area contributed by atoms with Crippen LogP contribution in [0.2, 0.25) is 0 Å². The highest BCUT2D eigenvalue weighted by molar-refractivity contribution is 5.94. The molecule has 0 fully saturated rings. The number of hydrogen-bond acceptors (Lipinski definition) is 4. The summed E-state index contributed by atoms with van der Waals surface area (Å²) < 4.78 is 13.2. The molecule has 1 aromatic carbocycles. The number of carbonyl (C=O) groups excluding carboxylic acids is 1. The first kappa shape index (κ1) is 17.5. The molecule has 3 rings (SSSR count). The van der Waals surface area contributed by atoms with E-state index in [2.05, 4.69) is 10.4 Å². The fraction of sp³-hybridized carbons (Fsp3) is 0.474. The van der Waals surface area contributed by atoms with E-state index in [1.807, 2.05) is 52.1 Å². The smallest absolute Gasteiger partial charge is 0.272 e. The number of carbonyl (C=O) groups is 1. The van der Waals surface area contributed by atoms with Crippen molar-refractivity contribution < 1.29 is 14.3 Å². The molecule has 25 heavy (non-hydrogen) atoms. The summed E-state index contributed by atoms with van der Waals surface area (Å²) >= 11 is 0. The second-order valence-corrected chi connectivity index (χ2v) is 6.35. The minimum Gasteiger partial charge on any atom is -0.494 e. The average molecular weight is 343 g/mol. The molecule has 0 bridgehead atoms. The van der Waals surface area contributed by atoms with E-state index in [1.54, 1.807) is 4.68 Å². The van der Waals surface area contributed by atoms with Crippen LogP contribution >= 0.6 is 0 Å². The maximum atomic E-state index is 12.7. The number of hydrogen-bond donors (Lipinski definition) is 1. The normalized spacial score (nSPS) is 19.4. The van der Waals surface area contributed by atoms with Gasteiger partial charge in [-0.3, -0.25) is 9.48 Å². The standard InChI is InChI=1S/C19H25N3O3/c1-5-24-16-9-7-6-8-14(16)11-20-19(23)17-15-10-12(2)25-13(3)18(15)22(4)21-17/h6-9,12-13H,5,10-11H2,1-4H3,(H,20,23)/t12-,13+/m0/s1. The largest absolute Gasteiger partial charge is 0.494 e. The predicted molar refractivity (Wildman–Crippen MR) is 94.7 cm³/mol. The van der Waals surface area contributed by atoms with Gasteiger partial charge >= 0.3 is 0 Å². The summed E-state index contributed by atoms with van der Waals surface area (Å²) in [6.45, 7) is 6.96. The number of amides is 1. The molecule has 0 saturated carbocycles. The van der Waals surface area contributed by atoms with E-state index in [0.29, 0.717) is 25.3 Å². The molecule has 2 atom stereocenters. The Morgan fingerprint density at radius 3 is 2.92 bits per heavy atom. The molecule has 1 amide bonds. The van der Waals surface area contributed by atoms with Crippen molar-refractivity contribution in [2.75, 3.05) is 6.61 Å². The van der Waals surface area contributed by atoms with Crippen molar-refractivity contribution in [2.45, 2.75) is 45.9 Å². The Morgan fingerprint density at radius 2 is 2.16 bits per heavy atom. The molecule has 1 aliphatic heterocycles. The van der Waals surface area contributed by atoms with Crippen LogP contribution < -0.4 is 10.1 Å². The Kier molecular flexibility index (Phi) is 5.08. The second-order valence-electron chi connectivity index (χ2n) is 6.35. The molecule has 0 saturated heterocycles. The van der Waals surface area contributed by atoms with Crippen LogP contribution in [0.25, 0.3) is 0 Å². The first-order chi connectivity index (χ1) is 12.0. The lowest BCUT2D eigenvalue weighted by atomic mass is 9.99. The summed E-state index contributed by atoms with van der Waals surface area (Å²) in [5.41, 5.74) is 3.42. The summed E-state index contributed by atoms with van der Waals surface area (Å²) in [5.74, 6) is 0.633. The Hall–Kier alpha value is -2.34. The third-order valence-corrected chi connectivity index (χ3v) is 4.43. The lowest BCUT2D eigenvalue weighted by Gasteiger charge is -2.26. The maximum Gasteiger partial charge on any atom is 0.272 e. The van der Waals surface area contributed by atoms with Crippen molar-refractivity contribution in [3.05, 3.63) is 46.8 Å². The maximum absolute atomic E-state index is 12.7. The van der Waals surface area contributed by atoms with Crippen LogP contribution in [0.3, 0.4) is 0 Å². The summed E-state index contributed by atoms with van der Waals surface area (Å²) in [4.78, 5) is 12.7. The monoisotopic (exact) mass is 343 g/mol. The van der Waals surface area contributed by atoms with E-state index in [0.717, 1.165) is 22.6 Å². The van der Waals surface area contributed by atoms with Gasteiger partial charge in [-0.2, -0.15) is 5.10 Å². The number of aryl methyl sites for hydroxylation is 1. The quantitative estimate of drug-likeness (QED) is 0.907. The van der Waals surface area contributed by atoms with Crippen molar-refractivity contribution >= 4 is 5.91 Å². The van der Waals surface area contributed by atoms with Crippen molar-refractivity contribution in [1.29, 1.82) is 0 Å². The molecule has 0 aliphatic carbocycles. The SMILES string of the molecule is CCOc1ccccc1CNC(=O)c1nn(C)c2c1C[C@H](C)O[C@@H]2C. The van der Waals surface area contributed by atoms with Gasteiger partial charge in [0.05, 0.1) is 24.5 Å². The van der Waals surface area contributed by atoms with Crippen LogP contribution in [-0.4, -0.2) is 28.4 Å². The molecule has 6 nitrogen and oxygen atoms in total. The van der Waals surface area contributed by atoms with Crippen LogP contribution in [0.4, 0.5) is 0 Å². The zero-order valence-corrected chi connectivity index (χ0v) is 15.2. The Balaban J connectivity index is 1.78. The van der Waals surface area contributed by atoms with E-state index < -0.39 is 0 Å². The molecule has 0 spiro atoms. The van der Waals surface area contributed by atoms with Gasteiger partial charge in [0.25, 0.3) is 5.91 Å². The number of nitrogens with one attached hydrogen (secondary N) is 1. The minimum absolute atomic E-state index is 0.0588. The number of rotatable bonds is 5. The molecule has 1 aliphatic rings. The van der Waals surface area contributed by atoms with Gasteiger partial charge in [0.2, 0.25) is 0 Å². The highest BCUT2D eigenvalue weighted by Gasteiger charge is 2.31. The fourth-order valence-electron chi connectivity index (χ4n) is 3.43. The lowest BCUT2D eigenvalue weighted by molar-refractivity contribution is -0.00903. The van der Waals surface area contributed by atoms with Crippen LogP contribution in [0.15, 0.2) is 24.3 Å². The summed E-state index contributed by atoms with van der Waals surface area (Å²) in [7, 11) is 1.86. The van der Waals surface area contributed by atoms with E-state index >= 15 is 0 Å². The number of para-hydroxylation sites is 1. The van der Waals surface area contributed by atoms with Gasteiger partial charge in [-0.05, 0) is 26.8 Å². The van der Waals surface area contributed by atoms with E-state index in [1.165, 1.54) is 0 Å². The van der Waals surface area contributed by atoms with Crippen LogP contribution in [0.1, 0.15) is 54.2 Å². The third kappa shape index (κ3) is 3.54. The van der Waals surface area contributed by atoms with Crippen molar-refractivity contribution in [3.8, 4) is 5.75 Å². The number of aromatic nitrogens is 2. The Bertz CT molecular complexity index is 769. The molecule has 0 radical (unpaired) electrons. The van der Waals surface area contributed by atoms with Crippen molar-refractivity contribution in [3.63, 3.8) is 0 Å². The van der Waals surface area contributed by atoms with Crippen LogP contribution in [-0.2, 0) is 24.8 Å².